The van der Waals surface area contributed by atoms with Crippen molar-refractivity contribution in [3.05, 3.63) is 82.5 Å². The van der Waals surface area contributed by atoms with Crippen molar-refractivity contribution < 1.29 is 43.8 Å². The lowest BCUT2D eigenvalue weighted by atomic mass is 9.87. The van der Waals surface area contributed by atoms with Crippen molar-refractivity contribution in [1.29, 1.82) is 0 Å². The highest BCUT2D eigenvalue weighted by molar-refractivity contribution is 5.88. The summed E-state index contributed by atoms with van der Waals surface area (Å²) in [5, 5.41) is 39.6. The normalized spacial score (nSPS) is 21.5. The summed E-state index contributed by atoms with van der Waals surface area (Å²) in [7, 11) is 0. The minimum atomic E-state index is -0.525. The number of esters is 1. The van der Waals surface area contributed by atoms with Gasteiger partial charge < -0.3 is 39.1 Å². The second kappa shape index (κ2) is 14.2. The first-order valence-corrected chi connectivity index (χ1v) is 16.0. The van der Waals surface area contributed by atoms with Crippen LogP contribution in [-0.2, 0) is 14.3 Å². The summed E-state index contributed by atoms with van der Waals surface area (Å²) in [6, 6.07) is 15.8. The quantitative estimate of drug-likeness (QED) is 0.0870. The maximum atomic E-state index is 13.8. The lowest BCUT2D eigenvalue weighted by Crippen LogP contribution is -2.41. The molecule has 1 heterocycles. The molecule has 0 spiro atoms. The molecule has 0 radical (unpaired) electrons. The third-order valence-corrected chi connectivity index (χ3v) is 8.84. The number of ether oxygens (including phenoxy) is 3. The molecule has 2 saturated carbocycles. The Balaban J connectivity index is 1.14. The first-order chi connectivity index (χ1) is 22.7. The van der Waals surface area contributed by atoms with Gasteiger partial charge in [-0.25, -0.2) is 4.79 Å². The van der Waals surface area contributed by atoms with Crippen LogP contribution < -0.4 is 10.2 Å². The Hall–Kier alpha value is -4.96. The van der Waals surface area contributed by atoms with E-state index in [0.29, 0.717) is 17.5 Å². The van der Waals surface area contributed by atoms with E-state index in [1.165, 1.54) is 30.4 Å². The lowest BCUT2D eigenvalue weighted by molar-refractivity contribution is -0.141. The van der Waals surface area contributed by atoms with Gasteiger partial charge in [0, 0.05) is 23.8 Å². The number of hydrogen-bond donors (Lipinski definition) is 4. The van der Waals surface area contributed by atoms with Crippen LogP contribution >= 0.6 is 0 Å². The minimum Gasteiger partial charge on any atom is -0.508 e. The number of benzene rings is 3. The zero-order chi connectivity index (χ0) is 32.9. The summed E-state index contributed by atoms with van der Waals surface area (Å²) in [4.78, 5) is 26.2. The maximum absolute atomic E-state index is 13.8. The molecule has 0 saturated heterocycles. The van der Waals surface area contributed by atoms with Crippen molar-refractivity contribution in [3.8, 4) is 40.1 Å². The zero-order valence-corrected chi connectivity index (χ0v) is 25.8. The van der Waals surface area contributed by atoms with Crippen molar-refractivity contribution >= 4 is 23.0 Å². The average molecular weight is 643 g/mol. The molecule has 4 N–H and O–H groups in total. The summed E-state index contributed by atoms with van der Waals surface area (Å²) in [5.41, 5.74) is 0.710. The largest absolute Gasteiger partial charge is 0.508 e. The number of carbonyl (C=O) groups excluding carboxylic acids is 1. The maximum Gasteiger partial charge on any atom is 0.330 e. The molecule has 246 valence electrons. The van der Waals surface area contributed by atoms with Gasteiger partial charge in [0.25, 0.3) is 0 Å². The second-order valence-electron chi connectivity index (χ2n) is 12.3. The molecule has 0 aliphatic heterocycles. The molecule has 2 fully saturated rings. The van der Waals surface area contributed by atoms with Crippen LogP contribution in [0.1, 0.15) is 56.9 Å². The van der Waals surface area contributed by atoms with E-state index in [1.54, 1.807) is 18.2 Å². The molecule has 0 amide bonds. The van der Waals surface area contributed by atoms with Gasteiger partial charge in [-0.3, -0.25) is 4.79 Å². The smallest absolute Gasteiger partial charge is 0.330 e. The van der Waals surface area contributed by atoms with Crippen LogP contribution in [0.25, 0.3) is 28.4 Å². The monoisotopic (exact) mass is 642 g/mol. The van der Waals surface area contributed by atoms with E-state index in [1.807, 2.05) is 18.2 Å². The van der Waals surface area contributed by atoms with Crippen LogP contribution in [0.15, 0.2) is 76.0 Å². The molecule has 3 aromatic carbocycles. The minimum absolute atomic E-state index is 0.00538. The van der Waals surface area contributed by atoms with Crippen molar-refractivity contribution in [2.24, 2.45) is 5.92 Å². The third kappa shape index (κ3) is 7.55. The number of fused-ring (bicyclic) bond motifs is 1. The Morgan fingerprint density at radius 2 is 1.64 bits per heavy atom. The summed E-state index contributed by atoms with van der Waals surface area (Å²) < 4.78 is 24.8. The fraction of sp³-hybridized carbons (Fsp3) is 0.351. The third-order valence-electron chi connectivity index (χ3n) is 8.84. The van der Waals surface area contributed by atoms with Crippen molar-refractivity contribution in [2.45, 2.75) is 69.7 Å². The number of carbonyl (C=O) groups is 1. The number of phenolic OH excluding ortho intramolecular Hbond substituents is 4. The standard InChI is InChI=1S/C37H38O10/c38-25-19-29(41)34-32(20-25)47-36(24-8-2-1-3-9-24)37(35(34)43)46-31-12-5-4-11-30(31)45-26-10-6-7-23(17-26)21-44-33(42)16-14-22-13-15-27(39)28(40)18-22/h1-3,8-9,13-16,18-20,23,26,30-31,38-41H,4-7,10-12,17,21H2/b16-14+. The van der Waals surface area contributed by atoms with E-state index in [2.05, 4.69) is 0 Å². The van der Waals surface area contributed by atoms with Gasteiger partial charge in [-0.2, -0.15) is 0 Å². The number of aromatic hydroxyl groups is 4. The van der Waals surface area contributed by atoms with E-state index in [9.17, 15) is 30.0 Å². The Labute approximate surface area is 271 Å². The van der Waals surface area contributed by atoms with Crippen LogP contribution in [-0.4, -0.2) is 51.3 Å². The SMILES string of the molecule is O=C(/C=C/c1ccc(O)c(O)c1)OCC1CCCC(OC2CCCCC2Oc2c(-c3ccccc3)oc3cc(O)cc(O)c3c2=O)C1. The molecule has 1 aromatic heterocycles. The molecule has 47 heavy (non-hydrogen) atoms. The van der Waals surface area contributed by atoms with E-state index < -0.39 is 23.3 Å². The van der Waals surface area contributed by atoms with Crippen LogP contribution in [0.4, 0.5) is 0 Å². The zero-order valence-electron chi connectivity index (χ0n) is 25.8. The molecule has 2 aliphatic rings. The molecule has 10 heteroatoms. The molecular weight excluding hydrogens is 604 g/mol. The van der Waals surface area contributed by atoms with Gasteiger partial charge in [0.05, 0.1) is 18.8 Å². The molecule has 4 atom stereocenters. The van der Waals surface area contributed by atoms with Gasteiger partial charge in [-0.15, -0.1) is 0 Å². The van der Waals surface area contributed by atoms with Crippen LogP contribution in [0.2, 0.25) is 0 Å². The number of hydrogen-bond acceptors (Lipinski definition) is 10. The average Bonchev–Trinajstić information content (AvgIpc) is 3.06. The van der Waals surface area contributed by atoms with Gasteiger partial charge in [-0.1, -0.05) is 49.2 Å². The summed E-state index contributed by atoms with van der Waals surface area (Å²) in [6.45, 7) is 0.256. The van der Waals surface area contributed by atoms with E-state index in [4.69, 9.17) is 18.6 Å². The molecular formula is C37H38O10. The first kappa shape index (κ1) is 32.0. The molecule has 2 aliphatic carbocycles. The fourth-order valence-corrected chi connectivity index (χ4v) is 6.48. The molecule has 4 aromatic rings. The predicted octanol–water partition coefficient (Wildman–Crippen LogP) is 6.80. The Kier molecular flexibility index (Phi) is 9.68. The molecule has 6 rings (SSSR count). The Bertz CT molecular complexity index is 1810. The fourth-order valence-electron chi connectivity index (χ4n) is 6.48. The van der Waals surface area contributed by atoms with Crippen LogP contribution in [0.3, 0.4) is 0 Å². The van der Waals surface area contributed by atoms with Gasteiger partial charge in [-0.05, 0) is 68.2 Å². The van der Waals surface area contributed by atoms with Crippen LogP contribution in [0.5, 0.6) is 28.7 Å². The Morgan fingerprint density at radius 3 is 2.43 bits per heavy atom. The molecule has 0 bridgehead atoms. The number of phenols is 4. The van der Waals surface area contributed by atoms with E-state index in [-0.39, 0.29) is 64.5 Å². The highest BCUT2D eigenvalue weighted by atomic mass is 16.6. The molecule has 4 unspecified atom stereocenters. The van der Waals surface area contributed by atoms with Gasteiger partial charge >= 0.3 is 5.97 Å². The topological polar surface area (TPSA) is 156 Å². The lowest BCUT2D eigenvalue weighted by Gasteiger charge is -2.37. The summed E-state index contributed by atoms with van der Waals surface area (Å²) in [6.07, 6.45) is 8.77. The van der Waals surface area contributed by atoms with E-state index in [0.717, 1.165) is 51.0 Å². The first-order valence-electron chi connectivity index (χ1n) is 16.0. The predicted molar refractivity (Wildman–Crippen MR) is 175 cm³/mol. The van der Waals surface area contributed by atoms with Gasteiger partial charge in [0.1, 0.15) is 28.6 Å². The van der Waals surface area contributed by atoms with Gasteiger partial charge in [0.2, 0.25) is 11.2 Å². The van der Waals surface area contributed by atoms with E-state index >= 15 is 0 Å². The highest BCUT2D eigenvalue weighted by Gasteiger charge is 2.34. The van der Waals surface area contributed by atoms with Crippen molar-refractivity contribution in [3.63, 3.8) is 0 Å². The highest BCUT2D eigenvalue weighted by Crippen LogP contribution is 2.38. The summed E-state index contributed by atoms with van der Waals surface area (Å²) >= 11 is 0. The second-order valence-corrected chi connectivity index (χ2v) is 12.3. The Morgan fingerprint density at radius 1 is 0.851 bits per heavy atom. The van der Waals surface area contributed by atoms with Crippen molar-refractivity contribution in [2.75, 3.05) is 6.61 Å². The van der Waals surface area contributed by atoms with Crippen LogP contribution in [0, 0.1) is 5.92 Å². The molecule has 10 nitrogen and oxygen atoms in total. The number of rotatable bonds is 9. The summed E-state index contributed by atoms with van der Waals surface area (Å²) in [5.74, 6) is -1.27. The van der Waals surface area contributed by atoms with Gasteiger partial charge in [0.15, 0.2) is 17.3 Å². The van der Waals surface area contributed by atoms with Crippen molar-refractivity contribution in [1.82, 2.24) is 0 Å².